The van der Waals surface area contributed by atoms with Crippen LogP contribution in [0.25, 0.3) is 0 Å². The Morgan fingerprint density at radius 2 is 1.95 bits per heavy atom. The van der Waals surface area contributed by atoms with E-state index >= 15 is 0 Å². The Hall–Kier alpha value is -0.770. The number of nitrogens with one attached hydrogen (secondary N) is 1. The fraction of sp³-hybridized carbons (Fsp3) is 0.375. The molecule has 1 N–H and O–H groups in total. The maximum atomic E-state index is 3.60. The highest BCUT2D eigenvalue weighted by molar-refractivity contribution is 8.01. The van der Waals surface area contributed by atoms with Crippen LogP contribution in [0.2, 0.25) is 0 Å². The molecule has 0 saturated carbocycles. The van der Waals surface area contributed by atoms with Crippen LogP contribution in [0.1, 0.15) is 29.7 Å². The van der Waals surface area contributed by atoms with Gasteiger partial charge in [0.1, 0.15) is 0 Å². The van der Waals surface area contributed by atoms with E-state index in [2.05, 4.69) is 61.8 Å². The van der Waals surface area contributed by atoms with Gasteiger partial charge in [-0.2, -0.15) is 0 Å². The molecule has 0 aliphatic rings. The lowest BCUT2D eigenvalue weighted by Crippen LogP contribution is -2.23. The van der Waals surface area contributed by atoms with Crippen molar-refractivity contribution >= 4 is 23.1 Å². The summed E-state index contributed by atoms with van der Waals surface area (Å²) in [5, 5.41) is 5.74. The van der Waals surface area contributed by atoms with E-state index in [4.69, 9.17) is 0 Å². The van der Waals surface area contributed by atoms with Crippen LogP contribution >= 0.6 is 23.1 Å². The lowest BCUT2D eigenvalue weighted by molar-refractivity contribution is 0.605. The third-order valence-corrected chi connectivity index (χ3v) is 5.21. The zero-order chi connectivity index (χ0) is 13.7. The molecule has 1 unspecified atom stereocenters. The third-order valence-electron chi connectivity index (χ3n) is 2.98. The lowest BCUT2D eigenvalue weighted by atomic mass is 10.0. The lowest BCUT2D eigenvalue weighted by Gasteiger charge is -2.19. The molecule has 0 amide bonds. The summed E-state index contributed by atoms with van der Waals surface area (Å²) in [5.41, 5.74) is 4.10. The molecular formula is C16H21NS2. The van der Waals surface area contributed by atoms with Gasteiger partial charge >= 0.3 is 0 Å². The number of thiophene rings is 1. The standard InChI is InChI=1S/C16H21NS2/c1-4-17-15(11-19-16-6-5-7-18-16)14-9-12(2)8-13(3)10-14/h5-10,15,17H,4,11H2,1-3H3. The van der Waals surface area contributed by atoms with Crippen molar-refractivity contribution in [1.29, 1.82) is 0 Å². The second kappa shape index (κ2) is 7.13. The van der Waals surface area contributed by atoms with E-state index in [-0.39, 0.29) is 0 Å². The van der Waals surface area contributed by atoms with Crippen molar-refractivity contribution in [2.45, 2.75) is 31.0 Å². The van der Waals surface area contributed by atoms with Gasteiger partial charge in [-0.3, -0.25) is 0 Å². The molecule has 1 nitrogen and oxygen atoms in total. The van der Waals surface area contributed by atoms with Crippen LogP contribution in [-0.2, 0) is 0 Å². The summed E-state index contributed by atoms with van der Waals surface area (Å²) < 4.78 is 1.40. The van der Waals surface area contributed by atoms with E-state index in [1.807, 2.05) is 23.1 Å². The van der Waals surface area contributed by atoms with Crippen LogP contribution < -0.4 is 5.32 Å². The van der Waals surface area contributed by atoms with Crippen LogP contribution in [0.15, 0.2) is 39.9 Å². The average Bonchev–Trinajstić information content (AvgIpc) is 2.86. The van der Waals surface area contributed by atoms with Gasteiger partial charge in [-0.05, 0) is 37.4 Å². The van der Waals surface area contributed by atoms with E-state index in [1.165, 1.54) is 20.9 Å². The minimum absolute atomic E-state index is 0.427. The highest BCUT2D eigenvalue weighted by Crippen LogP contribution is 2.28. The third kappa shape index (κ3) is 4.37. The molecule has 0 fully saturated rings. The van der Waals surface area contributed by atoms with Crippen LogP contribution in [0.4, 0.5) is 0 Å². The Kier molecular flexibility index (Phi) is 5.49. The fourth-order valence-electron chi connectivity index (χ4n) is 2.24. The van der Waals surface area contributed by atoms with Gasteiger partial charge in [-0.1, -0.05) is 42.3 Å². The van der Waals surface area contributed by atoms with Crippen molar-refractivity contribution in [2.24, 2.45) is 0 Å². The van der Waals surface area contributed by atoms with Gasteiger partial charge in [0, 0.05) is 11.8 Å². The first-order valence-electron chi connectivity index (χ1n) is 6.67. The molecule has 2 aromatic rings. The van der Waals surface area contributed by atoms with Crippen LogP contribution in [0.5, 0.6) is 0 Å². The normalized spacial score (nSPS) is 12.6. The molecule has 0 radical (unpaired) electrons. The first-order chi connectivity index (χ1) is 9.19. The molecule has 0 saturated heterocycles. The second-order valence-electron chi connectivity index (χ2n) is 4.77. The Morgan fingerprint density at radius 1 is 1.21 bits per heavy atom. The maximum Gasteiger partial charge on any atom is 0.0599 e. The fourth-order valence-corrected chi connectivity index (χ4v) is 4.15. The summed E-state index contributed by atoms with van der Waals surface area (Å²) in [6.07, 6.45) is 0. The van der Waals surface area contributed by atoms with Gasteiger partial charge in [-0.25, -0.2) is 0 Å². The number of hydrogen-bond donors (Lipinski definition) is 1. The van der Waals surface area contributed by atoms with Gasteiger partial charge in [0.05, 0.1) is 4.21 Å². The maximum absolute atomic E-state index is 3.60. The van der Waals surface area contributed by atoms with Crippen molar-refractivity contribution in [2.75, 3.05) is 12.3 Å². The van der Waals surface area contributed by atoms with Crippen molar-refractivity contribution < 1.29 is 0 Å². The number of rotatable bonds is 6. The van der Waals surface area contributed by atoms with Crippen LogP contribution in [-0.4, -0.2) is 12.3 Å². The van der Waals surface area contributed by atoms with Gasteiger partial charge in [-0.15, -0.1) is 23.1 Å². The topological polar surface area (TPSA) is 12.0 Å². The summed E-state index contributed by atoms with van der Waals surface area (Å²) in [5.74, 6) is 1.08. The van der Waals surface area contributed by atoms with Crippen LogP contribution in [0, 0.1) is 13.8 Å². The molecule has 102 valence electrons. The second-order valence-corrected chi connectivity index (χ2v) is 7.04. The molecule has 2 rings (SSSR count). The summed E-state index contributed by atoms with van der Waals surface area (Å²) in [6.45, 7) is 7.52. The molecule has 0 bridgehead atoms. The molecule has 0 spiro atoms. The Bertz CT molecular complexity index is 485. The van der Waals surface area contributed by atoms with Crippen molar-refractivity contribution in [1.82, 2.24) is 5.32 Å². The predicted octanol–water partition coefficient (Wildman–Crippen LogP) is 4.81. The highest BCUT2D eigenvalue weighted by atomic mass is 32.2. The first kappa shape index (κ1) is 14.6. The molecule has 19 heavy (non-hydrogen) atoms. The summed E-state index contributed by atoms with van der Waals surface area (Å²) in [4.78, 5) is 0. The van der Waals surface area contributed by atoms with E-state index in [0.717, 1.165) is 12.3 Å². The quantitative estimate of drug-likeness (QED) is 0.767. The zero-order valence-electron chi connectivity index (χ0n) is 11.8. The monoisotopic (exact) mass is 291 g/mol. The molecule has 1 aromatic heterocycles. The number of thioether (sulfide) groups is 1. The van der Waals surface area contributed by atoms with E-state index in [0.29, 0.717) is 6.04 Å². The summed E-state index contributed by atoms with van der Waals surface area (Å²) in [7, 11) is 0. The summed E-state index contributed by atoms with van der Waals surface area (Å²) >= 11 is 3.76. The van der Waals surface area contributed by atoms with Crippen LogP contribution in [0.3, 0.4) is 0 Å². The Morgan fingerprint density at radius 3 is 2.53 bits per heavy atom. The predicted molar refractivity (Wildman–Crippen MR) is 87.4 cm³/mol. The minimum Gasteiger partial charge on any atom is -0.309 e. The van der Waals surface area contributed by atoms with Gasteiger partial charge in [0.2, 0.25) is 0 Å². The SMILES string of the molecule is CCNC(CSc1cccs1)c1cc(C)cc(C)c1. The zero-order valence-corrected chi connectivity index (χ0v) is 13.4. The Labute approximate surface area is 124 Å². The average molecular weight is 291 g/mol. The smallest absolute Gasteiger partial charge is 0.0599 e. The molecule has 1 aromatic carbocycles. The van der Waals surface area contributed by atoms with E-state index in [1.54, 1.807) is 0 Å². The number of benzene rings is 1. The number of aryl methyl sites for hydroxylation is 2. The minimum atomic E-state index is 0.427. The molecule has 1 atom stereocenters. The van der Waals surface area contributed by atoms with Crippen molar-refractivity contribution in [3.8, 4) is 0 Å². The molecule has 3 heteroatoms. The molecule has 0 aliphatic heterocycles. The summed E-state index contributed by atoms with van der Waals surface area (Å²) in [6, 6.07) is 11.6. The largest absolute Gasteiger partial charge is 0.309 e. The van der Waals surface area contributed by atoms with E-state index in [9.17, 15) is 0 Å². The Balaban J connectivity index is 2.09. The molecule has 1 heterocycles. The van der Waals surface area contributed by atoms with Gasteiger partial charge < -0.3 is 5.32 Å². The highest BCUT2D eigenvalue weighted by Gasteiger charge is 2.12. The van der Waals surface area contributed by atoms with Crippen molar-refractivity contribution in [3.05, 3.63) is 52.4 Å². The van der Waals surface area contributed by atoms with Gasteiger partial charge in [0.25, 0.3) is 0 Å². The molecular weight excluding hydrogens is 270 g/mol. The van der Waals surface area contributed by atoms with Gasteiger partial charge in [0.15, 0.2) is 0 Å². The van der Waals surface area contributed by atoms with E-state index < -0.39 is 0 Å². The first-order valence-corrected chi connectivity index (χ1v) is 8.53. The number of hydrogen-bond acceptors (Lipinski definition) is 3. The molecule has 0 aliphatic carbocycles. The van der Waals surface area contributed by atoms with Crippen molar-refractivity contribution in [3.63, 3.8) is 0 Å².